The third kappa shape index (κ3) is 2.66. The van der Waals surface area contributed by atoms with Gasteiger partial charge in [0.05, 0.1) is 11.7 Å². The van der Waals surface area contributed by atoms with Crippen molar-refractivity contribution in [1.29, 1.82) is 0 Å². The number of benzene rings is 1. The van der Waals surface area contributed by atoms with E-state index in [-0.39, 0.29) is 11.3 Å². The second kappa shape index (κ2) is 5.68. The highest BCUT2D eigenvalue weighted by Crippen LogP contribution is 2.32. The molecule has 1 aliphatic rings. The van der Waals surface area contributed by atoms with E-state index in [1.165, 1.54) is 5.56 Å². The van der Waals surface area contributed by atoms with E-state index in [0.717, 1.165) is 30.8 Å². The molecule has 0 aliphatic carbocycles. The fourth-order valence-corrected chi connectivity index (χ4v) is 3.17. The number of halogens is 2. The van der Waals surface area contributed by atoms with Crippen LogP contribution >= 0.6 is 23.2 Å². The molecule has 0 amide bonds. The Hall–Kier alpha value is -1.16. The summed E-state index contributed by atoms with van der Waals surface area (Å²) in [6.07, 6.45) is 0.864. The van der Waals surface area contributed by atoms with Crippen LogP contribution in [0.5, 0.6) is 0 Å². The zero-order chi connectivity index (χ0) is 14.1. The van der Waals surface area contributed by atoms with Crippen LogP contribution in [0.25, 0.3) is 0 Å². The minimum absolute atomic E-state index is 0.192. The fraction of sp³-hybridized carbons (Fsp3) is 0.333. The molecule has 0 spiro atoms. The third-order valence-corrected chi connectivity index (χ3v) is 4.26. The number of aromatic nitrogens is 2. The highest BCUT2D eigenvalue weighted by molar-refractivity contribution is 6.32. The van der Waals surface area contributed by atoms with Gasteiger partial charge < -0.3 is 0 Å². The Bertz CT molecular complexity index is 616. The summed E-state index contributed by atoms with van der Waals surface area (Å²) >= 11 is 12.1. The van der Waals surface area contributed by atoms with Gasteiger partial charge in [0.15, 0.2) is 0 Å². The molecule has 3 nitrogen and oxygen atoms in total. The van der Waals surface area contributed by atoms with E-state index in [1.807, 2.05) is 6.07 Å². The van der Waals surface area contributed by atoms with E-state index in [2.05, 4.69) is 46.1 Å². The first-order valence-electron chi connectivity index (χ1n) is 6.65. The van der Waals surface area contributed by atoms with Crippen molar-refractivity contribution in [2.75, 3.05) is 6.54 Å². The minimum Gasteiger partial charge on any atom is -0.290 e. The average molecular weight is 308 g/mol. The molecule has 104 valence electrons. The molecule has 1 aromatic heterocycles. The molecule has 3 rings (SSSR count). The van der Waals surface area contributed by atoms with Gasteiger partial charge in [-0.2, -0.15) is 0 Å². The fourth-order valence-electron chi connectivity index (χ4n) is 2.68. The molecular weight excluding hydrogens is 293 g/mol. The van der Waals surface area contributed by atoms with Gasteiger partial charge in [0.25, 0.3) is 0 Å². The molecule has 1 aromatic carbocycles. The number of rotatable bonds is 2. The summed E-state index contributed by atoms with van der Waals surface area (Å²) in [5.41, 5.74) is 3.29. The molecule has 1 unspecified atom stereocenters. The summed E-state index contributed by atoms with van der Waals surface area (Å²) < 4.78 is 0. The van der Waals surface area contributed by atoms with Gasteiger partial charge >= 0.3 is 0 Å². The Morgan fingerprint density at radius 3 is 2.70 bits per heavy atom. The zero-order valence-electron chi connectivity index (χ0n) is 11.2. The largest absolute Gasteiger partial charge is 0.290 e. The van der Waals surface area contributed by atoms with Gasteiger partial charge in [-0.1, -0.05) is 41.9 Å². The molecule has 2 aromatic rings. The SMILES string of the molecule is CC1c2nc(Cl)nc(Cl)c2CCN1Cc1ccccc1. The van der Waals surface area contributed by atoms with Gasteiger partial charge in [-0.25, -0.2) is 9.97 Å². The van der Waals surface area contributed by atoms with Crippen molar-refractivity contribution in [1.82, 2.24) is 14.9 Å². The van der Waals surface area contributed by atoms with Crippen molar-refractivity contribution in [3.05, 3.63) is 57.6 Å². The average Bonchev–Trinajstić information content (AvgIpc) is 2.43. The molecule has 0 saturated carbocycles. The smallest absolute Gasteiger partial charge is 0.224 e. The van der Waals surface area contributed by atoms with E-state index in [9.17, 15) is 0 Å². The summed E-state index contributed by atoms with van der Waals surface area (Å²) in [5.74, 6) is 0. The van der Waals surface area contributed by atoms with E-state index >= 15 is 0 Å². The Kier molecular flexibility index (Phi) is 3.92. The second-order valence-electron chi connectivity index (χ2n) is 5.03. The number of hydrogen-bond donors (Lipinski definition) is 0. The molecule has 1 atom stereocenters. The van der Waals surface area contributed by atoms with Crippen molar-refractivity contribution < 1.29 is 0 Å². The van der Waals surface area contributed by atoms with Gasteiger partial charge in [0.2, 0.25) is 5.28 Å². The van der Waals surface area contributed by atoms with Crippen LogP contribution in [0.15, 0.2) is 30.3 Å². The van der Waals surface area contributed by atoms with Crippen molar-refractivity contribution in [3.63, 3.8) is 0 Å². The number of fused-ring (bicyclic) bond motifs is 1. The van der Waals surface area contributed by atoms with Crippen LogP contribution in [0.2, 0.25) is 10.4 Å². The molecule has 5 heteroatoms. The third-order valence-electron chi connectivity index (χ3n) is 3.78. The Balaban J connectivity index is 1.87. The van der Waals surface area contributed by atoms with Crippen LogP contribution in [-0.2, 0) is 13.0 Å². The summed E-state index contributed by atoms with van der Waals surface area (Å²) in [7, 11) is 0. The summed E-state index contributed by atoms with van der Waals surface area (Å²) in [6.45, 7) is 4.00. The highest BCUT2D eigenvalue weighted by Gasteiger charge is 2.27. The molecule has 0 saturated heterocycles. The summed E-state index contributed by atoms with van der Waals surface area (Å²) in [4.78, 5) is 10.8. The Labute approximate surface area is 128 Å². The van der Waals surface area contributed by atoms with E-state index in [0.29, 0.717) is 5.15 Å². The standard InChI is InChI=1S/C15H15Cl2N3/c1-10-13-12(14(16)19-15(17)18-13)7-8-20(10)9-11-5-3-2-4-6-11/h2-6,10H,7-9H2,1H3. The molecular formula is C15H15Cl2N3. The second-order valence-corrected chi connectivity index (χ2v) is 5.73. The molecule has 0 N–H and O–H groups in total. The van der Waals surface area contributed by atoms with E-state index in [4.69, 9.17) is 23.2 Å². The molecule has 0 fully saturated rings. The van der Waals surface area contributed by atoms with E-state index < -0.39 is 0 Å². The van der Waals surface area contributed by atoms with Gasteiger partial charge in [-0.15, -0.1) is 0 Å². The normalized spacial score (nSPS) is 18.9. The van der Waals surface area contributed by atoms with Crippen LogP contribution in [0.1, 0.15) is 29.8 Å². The Morgan fingerprint density at radius 2 is 1.95 bits per heavy atom. The number of hydrogen-bond acceptors (Lipinski definition) is 3. The molecule has 2 heterocycles. The predicted octanol–water partition coefficient (Wildman–Crippen LogP) is 3.90. The first kappa shape index (κ1) is 13.8. The van der Waals surface area contributed by atoms with Crippen molar-refractivity contribution in [2.24, 2.45) is 0 Å². The van der Waals surface area contributed by atoms with Gasteiger partial charge in [-0.05, 0) is 30.5 Å². The molecule has 20 heavy (non-hydrogen) atoms. The van der Waals surface area contributed by atoms with Crippen LogP contribution in [0, 0.1) is 0 Å². The molecule has 0 bridgehead atoms. The quantitative estimate of drug-likeness (QED) is 0.622. The highest BCUT2D eigenvalue weighted by atomic mass is 35.5. The van der Waals surface area contributed by atoms with Crippen molar-refractivity contribution in [2.45, 2.75) is 25.9 Å². The lowest BCUT2D eigenvalue weighted by Gasteiger charge is -2.34. The van der Waals surface area contributed by atoms with Crippen molar-refractivity contribution in [3.8, 4) is 0 Å². The first-order chi connectivity index (χ1) is 9.65. The maximum atomic E-state index is 6.17. The number of nitrogens with zero attached hydrogens (tertiary/aromatic N) is 3. The monoisotopic (exact) mass is 307 g/mol. The maximum Gasteiger partial charge on any atom is 0.224 e. The lowest BCUT2D eigenvalue weighted by molar-refractivity contribution is 0.185. The lowest BCUT2D eigenvalue weighted by Crippen LogP contribution is -2.34. The molecule has 0 radical (unpaired) electrons. The summed E-state index contributed by atoms with van der Waals surface area (Å²) in [5, 5.41) is 0.716. The molecule has 1 aliphatic heterocycles. The van der Waals surface area contributed by atoms with Crippen LogP contribution in [-0.4, -0.2) is 21.4 Å². The van der Waals surface area contributed by atoms with Crippen LogP contribution in [0.3, 0.4) is 0 Å². The van der Waals surface area contributed by atoms with Crippen LogP contribution in [0.4, 0.5) is 0 Å². The Morgan fingerprint density at radius 1 is 1.20 bits per heavy atom. The summed E-state index contributed by atoms with van der Waals surface area (Å²) in [6, 6.07) is 10.6. The predicted molar refractivity (Wildman–Crippen MR) is 81.0 cm³/mol. The maximum absolute atomic E-state index is 6.17. The van der Waals surface area contributed by atoms with E-state index in [1.54, 1.807) is 0 Å². The van der Waals surface area contributed by atoms with Crippen molar-refractivity contribution >= 4 is 23.2 Å². The minimum atomic E-state index is 0.192. The lowest BCUT2D eigenvalue weighted by atomic mass is 9.99. The van der Waals surface area contributed by atoms with Gasteiger partial charge in [-0.3, -0.25) is 4.90 Å². The first-order valence-corrected chi connectivity index (χ1v) is 7.40. The van der Waals surface area contributed by atoms with Gasteiger partial charge in [0, 0.05) is 18.7 Å². The van der Waals surface area contributed by atoms with Crippen LogP contribution < -0.4 is 0 Å². The van der Waals surface area contributed by atoms with Gasteiger partial charge in [0.1, 0.15) is 5.15 Å². The topological polar surface area (TPSA) is 29.0 Å². The zero-order valence-corrected chi connectivity index (χ0v) is 12.7.